The maximum absolute atomic E-state index is 12.9. The first-order valence-electron chi connectivity index (χ1n) is 10.3. The molecule has 0 saturated carbocycles. The maximum Gasteiger partial charge on any atom is 0.243 e. The predicted octanol–water partition coefficient (Wildman–Crippen LogP) is 3.21. The van der Waals surface area contributed by atoms with E-state index in [-0.39, 0.29) is 23.3 Å². The predicted molar refractivity (Wildman–Crippen MR) is 117 cm³/mol. The molecule has 0 radical (unpaired) electrons. The monoisotopic (exact) mass is 430 g/mol. The Morgan fingerprint density at radius 1 is 1.13 bits per heavy atom. The first kappa shape index (κ1) is 22.3. The summed E-state index contributed by atoms with van der Waals surface area (Å²) < 4.78 is 33.0. The van der Waals surface area contributed by atoms with Crippen molar-refractivity contribution < 1.29 is 17.9 Å². The molecular weight excluding hydrogens is 400 g/mol. The number of ether oxygens (including phenoxy) is 1. The van der Waals surface area contributed by atoms with E-state index in [1.807, 2.05) is 39.0 Å². The topological polar surface area (TPSA) is 75.7 Å². The minimum Gasteiger partial charge on any atom is -0.491 e. The third kappa shape index (κ3) is 5.21. The van der Waals surface area contributed by atoms with Crippen molar-refractivity contribution >= 4 is 15.9 Å². The van der Waals surface area contributed by atoms with E-state index in [1.165, 1.54) is 4.31 Å². The standard InChI is InChI=1S/C23H30N2O4S/c1-17-9-11-21(12-10-17)30(27,28)25-14-5-7-20(16-25)23(26)24-13-15-29-22-8-4-6-18(2)19(22)3/h4,6,8-12,20H,5,7,13-16H2,1-3H3,(H,24,26)/t20-/m0/s1. The van der Waals surface area contributed by atoms with Crippen molar-refractivity contribution in [1.29, 1.82) is 0 Å². The van der Waals surface area contributed by atoms with Crippen LogP contribution in [0.5, 0.6) is 5.75 Å². The summed E-state index contributed by atoms with van der Waals surface area (Å²) >= 11 is 0. The summed E-state index contributed by atoms with van der Waals surface area (Å²) in [7, 11) is -3.59. The van der Waals surface area contributed by atoms with Gasteiger partial charge in [0.05, 0.1) is 17.4 Å². The van der Waals surface area contributed by atoms with Crippen LogP contribution in [0.25, 0.3) is 0 Å². The molecule has 1 N–H and O–H groups in total. The van der Waals surface area contributed by atoms with Gasteiger partial charge in [-0.15, -0.1) is 0 Å². The highest BCUT2D eigenvalue weighted by atomic mass is 32.2. The van der Waals surface area contributed by atoms with Gasteiger partial charge in [0.25, 0.3) is 0 Å². The Morgan fingerprint density at radius 2 is 1.87 bits per heavy atom. The van der Waals surface area contributed by atoms with Crippen molar-refractivity contribution in [3.63, 3.8) is 0 Å². The van der Waals surface area contributed by atoms with Gasteiger partial charge in [0.2, 0.25) is 15.9 Å². The SMILES string of the molecule is Cc1ccc(S(=O)(=O)N2CCC[C@H](C(=O)NCCOc3cccc(C)c3C)C2)cc1. The minimum absolute atomic E-state index is 0.122. The van der Waals surface area contributed by atoms with Gasteiger partial charge in [0.1, 0.15) is 12.4 Å². The summed E-state index contributed by atoms with van der Waals surface area (Å²) in [6, 6.07) is 12.7. The van der Waals surface area contributed by atoms with E-state index in [0.717, 1.165) is 22.4 Å². The fraction of sp³-hybridized carbons (Fsp3) is 0.435. The number of carbonyl (C=O) groups is 1. The first-order chi connectivity index (χ1) is 14.3. The number of hydrogen-bond donors (Lipinski definition) is 1. The number of nitrogens with zero attached hydrogens (tertiary/aromatic N) is 1. The van der Waals surface area contributed by atoms with Crippen LogP contribution in [0.4, 0.5) is 0 Å². The zero-order valence-electron chi connectivity index (χ0n) is 17.8. The van der Waals surface area contributed by atoms with Crippen molar-refractivity contribution in [2.75, 3.05) is 26.2 Å². The molecule has 0 aliphatic carbocycles. The Morgan fingerprint density at radius 3 is 2.60 bits per heavy atom. The van der Waals surface area contributed by atoms with Gasteiger partial charge in [0, 0.05) is 13.1 Å². The quantitative estimate of drug-likeness (QED) is 0.685. The second kappa shape index (κ2) is 9.62. The van der Waals surface area contributed by atoms with Crippen molar-refractivity contribution in [1.82, 2.24) is 9.62 Å². The summed E-state index contributed by atoms with van der Waals surface area (Å²) in [5.74, 6) is 0.348. The molecule has 7 heteroatoms. The van der Waals surface area contributed by atoms with Gasteiger partial charge in [-0.1, -0.05) is 29.8 Å². The molecule has 1 aliphatic rings. The lowest BCUT2D eigenvalue weighted by Gasteiger charge is -2.31. The van der Waals surface area contributed by atoms with Crippen LogP contribution in [0.15, 0.2) is 47.4 Å². The number of benzene rings is 2. The van der Waals surface area contributed by atoms with Gasteiger partial charge in [0.15, 0.2) is 0 Å². The van der Waals surface area contributed by atoms with Crippen LogP contribution in [0.3, 0.4) is 0 Å². The van der Waals surface area contributed by atoms with Crippen LogP contribution in [0, 0.1) is 26.7 Å². The average molecular weight is 431 g/mol. The number of nitrogens with one attached hydrogen (secondary N) is 1. The molecule has 0 spiro atoms. The highest BCUT2D eigenvalue weighted by Crippen LogP contribution is 2.24. The number of piperidine rings is 1. The van der Waals surface area contributed by atoms with Crippen LogP contribution in [-0.2, 0) is 14.8 Å². The van der Waals surface area contributed by atoms with Crippen LogP contribution in [-0.4, -0.2) is 44.9 Å². The maximum atomic E-state index is 12.9. The normalized spacial score (nSPS) is 17.5. The summed E-state index contributed by atoms with van der Waals surface area (Å²) in [6.07, 6.45) is 1.35. The number of hydrogen-bond acceptors (Lipinski definition) is 4. The van der Waals surface area contributed by atoms with Gasteiger partial charge in [-0.2, -0.15) is 4.31 Å². The molecule has 162 valence electrons. The summed E-state index contributed by atoms with van der Waals surface area (Å²) in [5.41, 5.74) is 3.26. The van der Waals surface area contributed by atoms with Crippen molar-refractivity contribution in [2.24, 2.45) is 5.92 Å². The lowest BCUT2D eigenvalue weighted by atomic mass is 9.99. The molecule has 1 heterocycles. The van der Waals surface area contributed by atoms with Gasteiger partial charge in [-0.05, 0) is 62.9 Å². The van der Waals surface area contributed by atoms with Crippen molar-refractivity contribution in [3.05, 3.63) is 59.2 Å². The molecule has 30 heavy (non-hydrogen) atoms. The van der Waals surface area contributed by atoms with Crippen LogP contribution < -0.4 is 10.1 Å². The van der Waals surface area contributed by atoms with E-state index >= 15 is 0 Å². The molecule has 1 fully saturated rings. The van der Waals surface area contributed by atoms with E-state index < -0.39 is 10.0 Å². The lowest BCUT2D eigenvalue weighted by molar-refractivity contribution is -0.126. The second-order valence-electron chi connectivity index (χ2n) is 7.85. The van der Waals surface area contributed by atoms with Crippen LogP contribution in [0.1, 0.15) is 29.5 Å². The summed E-state index contributed by atoms with van der Waals surface area (Å²) in [6.45, 7) is 7.36. The average Bonchev–Trinajstić information content (AvgIpc) is 2.74. The van der Waals surface area contributed by atoms with E-state index in [1.54, 1.807) is 24.3 Å². The zero-order chi connectivity index (χ0) is 21.7. The Hall–Kier alpha value is -2.38. The smallest absolute Gasteiger partial charge is 0.243 e. The number of carbonyl (C=O) groups excluding carboxylic acids is 1. The van der Waals surface area contributed by atoms with Gasteiger partial charge in [-0.3, -0.25) is 4.79 Å². The molecule has 2 aromatic carbocycles. The molecular formula is C23H30N2O4S. The Bertz CT molecular complexity index is 987. The molecule has 0 bridgehead atoms. The fourth-order valence-corrected chi connectivity index (χ4v) is 5.12. The molecule has 0 unspecified atom stereocenters. The third-order valence-electron chi connectivity index (χ3n) is 5.63. The Labute approximate surface area is 179 Å². The number of sulfonamides is 1. The van der Waals surface area contributed by atoms with Crippen LogP contribution in [0.2, 0.25) is 0 Å². The Balaban J connectivity index is 1.53. The highest BCUT2D eigenvalue weighted by Gasteiger charge is 2.33. The molecule has 3 rings (SSSR count). The van der Waals surface area contributed by atoms with Crippen molar-refractivity contribution in [3.8, 4) is 5.75 Å². The fourth-order valence-electron chi connectivity index (χ4n) is 3.59. The van der Waals surface area contributed by atoms with Gasteiger partial charge < -0.3 is 10.1 Å². The van der Waals surface area contributed by atoms with Crippen LogP contribution >= 0.6 is 0 Å². The summed E-state index contributed by atoms with van der Waals surface area (Å²) in [4.78, 5) is 12.9. The minimum atomic E-state index is -3.59. The van der Waals surface area contributed by atoms with Crippen molar-refractivity contribution in [2.45, 2.75) is 38.5 Å². The molecule has 2 aromatic rings. The Kier molecular flexibility index (Phi) is 7.15. The van der Waals surface area contributed by atoms with E-state index in [0.29, 0.717) is 32.5 Å². The number of aryl methyl sites for hydroxylation is 2. The van der Waals surface area contributed by atoms with E-state index in [9.17, 15) is 13.2 Å². The molecule has 1 aliphatic heterocycles. The molecule has 1 atom stereocenters. The second-order valence-corrected chi connectivity index (χ2v) is 9.79. The van der Waals surface area contributed by atoms with E-state index in [2.05, 4.69) is 5.32 Å². The van der Waals surface area contributed by atoms with Gasteiger partial charge in [-0.25, -0.2) is 8.42 Å². The highest BCUT2D eigenvalue weighted by molar-refractivity contribution is 7.89. The third-order valence-corrected chi connectivity index (χ3v) is 7.51. The largest absolute Gasteiger partial charge is 0.491 e. The lowest BCUT2D eigenvalue weighted by Crippen LogP contribution is -2.45. The zero-order valence-corrected chi connectivity index (χ0v) is 18.7. The molecule has 1 saturated heterocycles. The van der Waals surface area contributed by atoms with E-state index in [4.69, 9.17) is 4.74 Å². The first-order valence-corrected chi connectivity index (χ1v) is 11.8. The van der Waals surface area contributed by atoms with Gasteiger partial charge >= 0.3 is 0 Å². The molecule has 1 amide bonds. The number of rotatable bonds is 7. The summed E-state index contributed by atoms with van der Waals surface area (Å²) in [5, 5.41) is 2.89. The number of amides is 1. The molecule has 0 aromatic heterocycles. The molecule has 6 nitrogen and oxygen atoms in total.